The van der Waals surface area contributed by atoms with E-state index in [0.29, 0.717) is 12.0 Å². The SMILES string of the molecule is COc1cc(NC(CCCN)C(C)C)c2nccc(C)c2c1.O=P(O)(O)O. The van der Waals surface area contributed by atoms with Gasteiger partial charge in [-0.2, -0.15) is 0 Å². The summed E-state index contributed by atoms with van der Waals surface area (Å²) in [6, 6.07) is 6.49. The van der Waals surface area contributed by atoms with E-state index in [1.807, 2.05) is 24.4 Å². The molecule has 0 aliphatic rings. The predicted octanol–water partition coefficient (Wildman–Crippen LogP) is 2.80. The number of anilines is 1. The van der Waals surface area contributed by atoms with Crippen LogP contribution in [0.4, 0.5) is 5.69 Å². The molecule has 0 aliphatic heterocycles. The summed E-state index contributed by atoms with van der Waals surface area (Å²) in [5, 5.41) is 4.79. The molecule has 0 aliphatic carbocycles. The molecule has 8 nitrogen and oxygen atoms in total. The van der Waals surface area contributed by atoms with Crippen LogP contribution in [0.3, 0.4) is 0 Å². The highest BCUT2D eigenvalue weighted by Crippen LogP contribution is 2.31. The van der Waals surface area contributed by atoms with Crippen LogP contribution in [0, 0.1) is 12.8 Å². The first kappa shape index (κ1) is 23.3. The van der Waals surface area contributed by atoms with Gasteiger partial charge >= 0.3 is 7.82 Å². The van der Waals surface area contributed by atoms with E-state index in [1.54, 1.807) is 7.11 Å². The first-order valence-corrected chi connectivity index (χ1v) is 10.3. The fraction of sp³-hybridized carbons (Fsp3) is 0.500. The minimum atomic E-state index is -4.64. The number of nitrogens with zero attached hydrogens (tertiary/aromatic N) is 1. The Labute approximate surface area is 160 Å². The van der Waals surface area contributed by atoms with Gasteiger partial charge in [-0.05, 0) is 49.9 Å². The molecule has 1 atom stereocenters. The standard InChI is InChI=1S/C18H27N3O.H3O4P/c1-12(2)16(6-5-8-19)21-17-11-14(22-4)10-15-13(3)7-9-20-18(15)17;1-5(2,3)4/h7,9-12,16,21H,5-6,8,19H2,1-4H3;(H3,1,2,3,4). The molecule has 0 bridgehead atoms. The average Bonchev–Trinajstić information content (AvgIpc) is 2.57. The summed E-state index contributed by atoms with van der Waals surface area (Å²) in [4.78, 5) is 26.1. The topological polar surface area (TPSA) is 138 Å². The summed E-state index contributed by atoms with van der Waals surface area (Å²) in [5.41, 5.74) is 8.91. The number of rotatable bonds is 7. The van der Waals surface area contributed by atoms with Crippen molar-refractivity contribution >= 4 is 24.4 Å². The van der Waals surface area contributed by atoms with E-state index in [-0.39, 0.29) is 0 Å². The summed E-state index contributed by atoms with van der Waals surface area (Å²) >= 11 is 0. The van der Waals surface area contributed by atoms with Crippen molar-refractivity contribution in [1.29, 1.82) is 0 Å². The summed E-state index contributed by atoms with van der Waals surface area (Å²) in [7, 11) is -2.94. The molecule has 0 saturated carbocycles. The van der Waals surface area contributed by atoms with Gasteiger partial charge in [-0.1, -0.05) is 13.8 Å². The van der Waals surface area contributed by atoms with E-state index in [4.69, 9.17) is 29.7 Å². The summed E-state index contributed by atoms with van der Waals surface area (Å²) in [6.07, 6.45) is 3.93. The van der Waals surface area contributed by atoms with Gasteiger partial charge in [0.1, 0.15) is 5.75 Å². The molecule has 27 heavy (non-hydrogen) atoms. The second kappa shape index (κ2) is 10.6. The van der Waals surface area contributed by atoms with Crippen molar-refractivity contribution in [3.05, 3.63) is 30.0 Å². The van der Waals surface area contributed by atoms with Crippen molar-refractivity contribution < 1.29 is 24.0 Å². The maximum absolute atomic E-state index is 8.88. The molecule has 0 spiro atoms. The van der Waals surface area contributed by atoms with E-state index in [2.05, 4.69) is 31.1 Å². The molecule has 6 N–H and O–H groups in total. The maximum atomic E-state index is 8.88. The molecule has 0 radical (unpaired) electrons. The van der Waals surface area contributed by atoms with Gasteiger partial charge in [0, 0.05) is 23.7 Å². The van der Waals surface area contributed by atoms with Crippen molar-refractivity contribution in [2.45, 2.75) is 39.7 Å². The van der Waals surface area contributed by atoms with Crippen molar-refractivity contribution in [3.8, 4) is 5.75 Å². The first-order chi connectivity index (χ1) is 12.6. The first-order valence-electron chi connectivity index (χ1n) is 8.75. The third-order valence-electron chi connectivity index (χ3n) is 4.14. The minimum Gasteiger partial charge on any atom is -0.497 e. The van der Waals surface area contributed by atoms with Crippen molar-refractivity contribution in [2.75, 3.05) is 19.0 Å². The lowest BCUT2D eigenvalue weighted by Crippen LogP contribution is -2.26. The van der Waals surface area contributed by atoms with E-state index in [1.165, 1.54) is 5.56 Å². The van der Waals surface area contributed by atoms with Crippen LogP contribution in [0.15, 0.2) is 24.4 Å². The van der Waals surface area contributed by atoms with Crippen LogP contribution >= 0.6 is 7.82 Å². The summed E-state index contributed by atoms with van der Waals surface area (Å²) in [6.45, 7) is 7.28. The van der Waals surface area contributed by atoms with Crippen LogP contribution in [0.5, 0.6) is 5.75 Å². The van der Waals surface area contributed by atoms with Crippen LogP contribution in [0.2, 0.25) is 0 Å². The van der Waals surface area contributed by atoms with E-state index < -0.39 is 7.82 Å². The van der Waals surface area contributed by atoms with E-state index in [0.717, 1.165) is 41.7 Å². The van der Waals surface area contributed by atoms with Gasteiger partial charge in [-0.3, -0.25) is 4.98 Å². The van der Waals surface area contributed by atoms with E-state index >= 15 is 0 Å². The average molecular weight is 399 g/mol. The molecule has 0 saturated heterocycles. The summed E-state index contributed by atoms with van der Waals surface area (Å²) in [5.74, 6) is 1.38. The number of phosphoric acid groups is 1. The second-order valence-electron chi connectivity index (χ2n) is 6.64. The number of nitrogens with one attached hydrogen (secondary N) is 1. The smallest absolute Gasteiger partial charge is 0.466 e. The molecule has 0 amide bonds. The number of hydrogen-bond acceptors (Lipinski definition) is 5. The van der Waals surface area contributed by atoms with Crippen LogP contribution in [-0.4, -0.2) is 39.4 Å². The maximum Gasteiger partial charge on any atom is 0.466 e. The van der Waals surface area contributed by atoms with Gasteiger partial charge in [0.2, 0.25) is 0 Å². The molecular formula is C18H30N3O5P. The zero-order valence-corrected chi connectivity index (χ0v) is 17.1. The van der Waals surface area contributed by atoms with Gasteiger partial charge in [0.25, 0.3) is 0 Å². The molecule has 9 heteroatoms. The number of fused-ring (bicyclic) bond motifs is 1. The van der Waals surface area contributed by atoms with E-state index in [9.17, 15) is 0 Å². The number of benzene rings is 1. The molecule has 2 aromatic rings. The predicted molar refractivity (Wildman–Crippen MR) is 108 cm³/mol. The Bertz CT molecular complexity index is 771. The number of hydrogen-bond donors (Lipinski definition) is 5. The number of nitrogens with two attached hydrogens (primary N) is 1. The number of ether oxygens (including phenoxy) is 1. The monoisotopic (exact) mass is 399 g/mol. The quantitative estimate of drug-likeness (QED) is 0.448. The minimum absolute atomic E-state index is 0.376. The van der Waals surface area contributed by atoms with Crippen molar-refractivity contribution in [2.24, 2.45) is 11.7 Å². The third-order valence-corrected chi connectivity index (χ3v) is 4.14. The van der Waals surface area contributed by atoms with Crippen LogP contribution < -0.4 is 15.8 Å². The van der Waals surface area contributed by atoms with Gasteiger partial charge < -0.3 is 30.5 Å². The fourth-order valence-electron chi connectivity index (χ4n) is 2.70. The zero-order valence-electron chi connectivity index (χ0n) is 16.2. The zero-order chi connectivity index (χ0) is 20.6. The second-order valence-corrected chi connectivity index (χ2v) is 7.66. The van der Waals surface area contributed by atoms with Crippen molar-refractivity contribution in [3.63, 3.8) is 0 Å². The Hall–Kier alpha value is -1.70. The number of aryl methyl sites for hydroxylation is 1. The van der Waals surface area contributed by atoms with Gasteiger partial charge in [-0.25, -0.2) is 4.57 Å². The van der Waals surface area contributed by atoms with Crippen LogP contribution in [0.1, 0.15) is 32.3 Å². The third kappa shape index (κ3) is 8.24. The van der Waals surface area contributed by atoms with Crippen LogP contribution in [-0.2, 0) is 4.57 Å². The summed E-state index contributed by atoms with van der Waals surface area (Å²) < 4.78 is 14.3. The van der Waals surface area contributed by atoms with Gasteiger partial charge in [-0.15, -0.1) is 0 Å². The Balaban J connectivity index is 0.000000646. The fourth-order valence-corrected chi connectivity index (χ4v) is 2.70. The lowest BCUT2D eigenvalue weighted by atomic mass is 9.98. The lowest BCUT2D eigenvalue weighted by Gasteiger charge is -2.24. The van der Waals surface area contributed by atoms with Crippen LogP contribution in [0.25, 0.3) is 10.9 Å². The molecule has 152 valence electrons. The molecular weight excluding hydrogens is 369 g/mol. The van der Waals surface area contributed by atoms with Gasteiger partial charge in [0.05, 0.1) is 18.3 Å². The largest absolute Gasteiger partial charge is 0.497 e. The Morgan fingerprint density at radius 3 is 2.44 bits per heavy atom. The lowest BCUT2D eigenvalue weighted by molar-refractivity contribution is 0.275. The normalized spacial score (nSPS) is 12.5. The number of methoxy groups -OCH3 is 1. The van der Waals surface area contributed by atoms with Crippen molar-refractivity contribution in [1.82, 2.24) is 4.98 Å². The Kier molecular flexibility index (Phi) is 9.15. The Morgan fingerprint density at radius 2 is 1.93 bits per heavy atom. The highest BCUT2D eigenvalue weighted by Gasteiger charge is 2.16. The van der Waals surface area contributed by atoms with Gasteiger partial charge in [0.15, 0.2) is 0 Å². The Morgan fingerprint density at radius 1 is 1.30 bits per heavy atom. The number of aromatic nitrogens is 1. The highest BCUT2D eigenvalue weighted by molar-refractivity contribution is 7.45. The number of pyridine rings is 1. The molecule has 0 fully saturated rings. The molecule has 1 aromatic heterocycles. The molecule has 1 heterocycles. The highest BCUT2D eigenvalue weighted by atomic mass is 31.2. The molecule has 1 aromatic carbocycles. The molecule has 2 rings (SSSR count). The molecule has 1 unspecified atom stereocenters.